The molecule has 0 bridgehead atoms. The van der Waals surface area contributed by atoms with Gasteiger partial charge in [0.2, 0.25) is 0 Å². The zero-order chi connectivity index (χ0) is 33.7. The van der Waals surface area contributed by atoms with E-state index in [1.807, 2.05) is 60.7 Å². The van der Waals surface area contributed by atoms with Gasteiger partial charge in [0.05, 0.1) is 0 Å². The molecule has 0 aliphatic carbocycles. The normalized spacial score (nSPS) is 11.5. The van der Waals surface area contributed by atoms with Crippen LogP contribution in [0.3, 0.4) is 0 Å². The molecule has 4 heteroatoms. The summed E-state index contributed by atoms with van der Waals surface area (Å²) in [7, 11) is 0. The van der Waals surface area contributed by atoms with Crippen LogP contribution in [-0.4, -0.2) is 15.0 Å². The van der Waals surface area contributed by atoms with Crippen LogP contribution in [0.2, 0.25) is 0 Å². The summed E-state index contributed by atoms with van der Waals surface area (Å²) in [5.41, 5.74) is 9.09. The number of hydrogen-bond donors (Lipinski definition) is 0. The van der Waals surface area contributed by atoms with Crippen molar-refractivity contribution < 1.29 is 4.42 Å². The summed E-state index contributed by atoms with van der Waals surface area (Å²) >= 11 is 0. The molecule has 2 aromatic heterocycles. The first kappa shape index (κ1) is 29.0. The van der Waals surface area contributed by atoms with Gasteiger partial charge < -0.3 is 4.42 Å². The predicted octanol–water partition coefficient (Wildman–Crippen LogP) is 12.4. The number of fused-ring (bicyclic) bond motifs is 6. The van der Waals surface area contributed by atoms with E-state index in [2.05, 4.69) is 115 Å². The molecule has 10 rings (SSSR count). The Hall–Kier alpha value is -6.91. The fraction of sp³-hybridized carbons (Fsp3) is 0. The molecule has 0 amide bonds. The lowest BCUT2D eigenvalue weighted by atomic mass is 9.92. The van der Waals surface area contributed by atoms with Gasteiger partial charge in [0.25, 0.3) is 0 Å². The maximum absolute atomic E-state index is 6.68. The van der Waals surface area contributed by atoms with Crippen molar-refractivity contribution in [3.8, 4) is 56.4 Å². The summed E-state index contributed by atoms with van der Waals surface area (Å²) in [6.07, 6.45) is 0. The maximum Gasteiger partial charge on any atom is 0.164 e. The third-order valence-electron chi connectivity index (χ3n) is 9.69. The van der Waals surface area contributed by atoms with Crippen LogP contribution in [0.1, 0.15) is 0 Å². The van der Waals surface area contributed by atoms with Crippen molar-refractivity contribution in [1.82, 2.24) is 15.0 Å². The first-order valence-electron chi connectivity index (χ1n) is 17.1. The standard InChI is InChI=1S/C47H29N3O/c1-3-14-31(15-4-1)45-48-46(32-16-5-2-6-17-32)50-47(49-45)36-20-11-19-34(28-36)40-29-41-43-37(35-26-25-30-13-7-8-18-33(30)27-35)23-12-24-42(43)51-44(41)39-22-10-9-21-38(39)40/h1-29H. The van der Waals surface area contributed by atoms with Gasteiger partial charge in [0, 0.05) is 32.8 Å². The zero-order valence-corrected chi connectivity index (χ0v) is 27.5. The Morgan fingerprint density at radius 2 is 0.902 bits per heavy atom. The number of benzene rings is 8. The van der Waals surface area contributed by atoms with Gasteiger partial charge in [-0.3, -0.25) is 0 Å². The summed E-state index contributed by atoms with van der Waals surface area (Å²) in [4.78, 5) is 14.9. The van der Waals surface area contributed by atoms with E-state index in [1.165, 1.54) is 10.8 Å². The van der Waals surface area contributed by atoms with Gasteiger partial charge >= 0.3 is 0 Å². The summed E-state index contributed by atoms with van der Waals surface area (Å²) in [6, 6.07) is 61.1. The Morgan fingerprint density at radius 1 is 0.333 bits per heavy atom. The largest absolute Gasteiger partial charge is 0.455 e. The molecule has 8 aromatic carbocycles. The molecule has 0 radical (unpaired) electrons. The van der Waals surface area contributed by atoms with Crippen LogP contribution in [0.15, 0.2) is 180 Å². The molecule has 4 nitrogen and oxygen atoms in total. The van der Waals surface area contributed by atoms with Crippen LogP contribution in [0.4, 0.5) is 0 Å². The SMILES string of the molecule is c1ccc(-c2nc(-c3ccccc3)nc(-c3cccc(-c4cc5c(oc6cccc(-c7ccc8ccccc8c7)c65)c5ccccc45)c3)n2)cc1. The molecule has 0 saturated heterocycles. The minimum absolute atomic E-state index is 0.627. The van der Waals surface area contributed by atoms with Crippen molar-refractivity contribution in [3.05, 3.63) is 176 Å². The molecule has 51 heavy (non-hydrogen) atoms. The molecule has 0 atom stereocenters. The first-order valence-corrected chi connectivity index (χ1v) is 17.1. The van der Waals surface area contributed by atoms with Crippen molar-refractivity contribution in [2.24, 2.45) is 0 Å². The molecular weight excluding hydrogens is 623 g/mol. The lowest BCUT2D eigenvalue weighted by Gasteiger charge is -2.12. The van der Waals surface area contributed by atoms with Crippen molar-refractivity contribution >= 4 is 43.5 Å². The van der Waals surface area contributed by atoms with Gasteiger partial charge in [0.15, 0.2) is 17.5 Å². The number of hydrogen-bond acceptors (Lipinski definition) is 4. The van der Waals surface area contributed by atoms with Gasteiger partial charge in [-0.1, -0.05) is 152 Å². The molecule has 0 N–H and O–H groups in total. The smallest absolute Gasteiger partial charge is 0.164 e. The van der Waals surface area contributed by atoms with E-state index in [0.29, 0.717) is 17.5 Å². The highest BCUT2D eigenvalue weighted by Crippen LogP contribution is 2.43. The second-order valence-electron chi connectivity index (χ2n) is 12.8. The van der Waals surface area contributed by atoms with Gasteiger partial charge in [-0.15, -0.1) is 0 Å². The summed E-state index contributed by atoms with van der Waals surface area (Å²) in [5, 5.41) is 6.85. The zero-order valence-electron chi connectivity index (χ0n) is 27.5. The average Bonchev–Trinajstić information content (AvgIpc) is 3.60. The summed E-state index contributed by atoms with van der Waals surface area (Å²) < 4.78 is 6.68. The Kier molecular flexibility index (Phi) is 6.78. The fourth-order valence-corrected chi connectivity index (χ4v) is 7.25. The maximum atomic E-state index is 6.68. The monoisotopic (exact) mass is 651 g/mol. The number of aromatic nitrogens is 3. The highest BCUT2D eigenvalue weighted by Gasteiger charge is 2.19. The average molecular weight is 652 g/mol. The minimum Gasteiger partial charge on any atom is -0.455 e. The van der Waals surface area contributed by atoms with E-state index >= 15 is 0 Å². The van der Waals surface area contributed by atoms with Crippen molar-refractivity contribution in [2.45, 2.75) is 0 Å². The molecule has 0 unspecified atom stereocenters. The van der Waals surface area contributed by atoms with Gasteiger partial charge in [0.1, 0.15) is 11.2 Å². The molecule has 0 spiro atoms. The number of furan rings is 1. The van der Waals surface area contributed by atoms with Gasteiger partial charge in [-0.2, -0.15) is 0 Å². The first-order chi connectivity index (χ1) is 25.3. The van der Waals surface area contributed by atoms with Crippen molar-refractivity contribution in [1.29, 1.82) is 0 Å². The lowest BCUT2D eigenvalue weighted by Crippen LogP contribution is -2.00. The quantitative estimate of drug-likeness (QED) is 0.186. The van der Waals surface area contributed by atoms with Crippen LogP contribution in [0.5, 0.6) is 0 Å². The van der Waals surface area contributed by atoms with Crippen LogP contribution in [0.25, 0.3) is 99.9 Å². The Labute approximate surface area is 294 Å². The highest BCUT2D eigenvalue weighted by molar-refractivity contribution is 6.22. The minimum atomic E-state index is 0.627. The highest BCUT2D eigenvalue weighted by atomic mass is 16.3. The van der Waals surface area contributed by atoms with E-state index < -0.39 is 0 Å². The van der Waals surface area contributed by atoms with E-state index in [0.717, 1.165) is 71.7 Å². The molecule has 0 aliphatic rings. The third-order valence-corrected chi connectivity index (χ3v) is 9.69. The molecule has 0 fully saturated rings. The molecule has 238 valence electrons. The fourth-order valence-electron chi connectivity index (χ4n) is 7.25. The van der Waals surface area contributed by atoms with Crippen LogP contribution < -0.4 is 0 Å². The van der Waals surface area contributed by atoms with Crippen molar-refractivity contribution in [3.63, 3.8) is 0 Å². The van der Waals surface area contributed by atoms with Crippen LogP contribution in [-0.2, 0) is 0 Å². The summed E-state index contributed by atoms with van der Waals surface area (Å²) in [6.45, 7) is 0. The number of nitrogens with zero attached hydrogens (tertiary/aromatic N) is 3. The van der Waals surface area contributed by atoms with E-state index in [1.54, 1.807) is 0 Å². The van der Waals surface area contributed by atoms with Crippen LogP contribution in [0, 0.1) is 0 Å². The van der Waals surface area contributed by atoms with Gasteiger partial charge in [-0.25, -0.2) is 15.0 Å². The van der Waals surface area contributed by atoms with Crippen molar-refractivity contribution in [2.75, 3.05) is 0 Å². The molecule has 10 aromatic rings. The van der Waals surface area contributed by atoms with E-state index in [9.17, 15) is 0 Å². The second-order valence-corrected chi connectivity index (χ2v) is 12.8. The lowest BCUT2D eigenvalue weighted by molar-refractivity contribution is 0.673. The topological polar surface area (TPSA) is 51.8 Å². The van der Waals surface area contributed by atoms with E-state index in [-0.39, 0.29) is 0 Å². The Bertz CT molecular complexity index is 2860. The molecule has 0 saturated carbocycles. The molecule has 2 heterocycles. The Balaban J connectivity index is 1.18. The summed E-state index contributed by atoms with van der Waals surface area (Å²) in [5.74, 6) is 1.91. The number of rotatable bonds is 5. The molecular formula is C47H29N3O. The van der Waals surface area contributed by atoms with E-state index in [4.69, 9.17) is 19.4 Å². The molecule has 0 aliphatic heterocycles. The van der Waals surface area contributed by atoms with Crippen LogP contribution >= 0.6 is 0 Å². The van der Waals surface area contributed by atoms with Gasteiger partial charge in [-0.05, 0) is 62.7 Å². The second kappa shape index (κ2) is 11.9. The predicted molar refractivity (Wildman–Crippen MR) is 209 cm³/mol. The Morgan fingerprint density at radius 3 is 1.65 bits per heavy atom. The third kappa shape index (κ3) is 5.04.